The molecule has 1 rings (SSSR count). The zero-order chi connectivity index (χ0) is 9.35. The molecule has 0 aromatic rings. The maximum atomic E-state index is 11.0. The predicted octanol–water partition coefficient (Wildman–Crippen LogP) is 1.37. The SMILES string of the molecule is CCCC1(O)OC(=O)C(C)=C1C. The molecule has 1 aliphatic heterocycles. The number of carbonyl (C=O) groups excluding carboxylic acids is 1. The molecular weight excluding hydrogens is 156 g/mol. The minimum absolute atomic E-state index is 0.400. The molecule has 0 aliphatic carbocycles. The van der Waals surface area contributed by atoms with E-state index in [4.69, 9.17) is 4.74 Å². The zero-order valence-corrected chi connectivity index (χ0v) is 7.68. The Morgan fingerprint density at radius 1 is 1.50 bits per heavy atom. The molecule has 0 spiro atoms. The average Bonchev–Trinajstić information content (AvgIpc) is 2.17. The highest BCUT2D eigenvalue weighted by Gasteiger charge is 2.41. The van der Waals surface area contributed by atoms with Gasteiger partial charge >= 0.3 is 5.97 Å². The third kappa shape index (κ3) is 1.25. The van der Waals surface area contributed by atoms with E-state index >= 15 is 0 Å². The van der Waals surface area contributed by atoms with E-state index in [1.807, 2.05) is 6.92 Å². The summed E-state index contributed by atoms with van der Waals surface area (Å²) in [6.45, 7) is 5.34. The van der Waals surface area contributed by atoms with Crippen LogP contribution in [0.2, 0.25) is 0 Å². The summed E-state index contributed by atoms with van der Waals surface area (Å²) in [5.41, 5.74) is 1.18. The molecule has 0 bridgehead atoms. The average molecular weight is 170 g/mol. The van der Waals surface area contributed by atoms with Crippen LogP contribution in [-0.2, 0) is 9.53 Å². The topological polar surface area (TPSA) is 46.5 Å². The first-order chi connectivity index (χ1) is 5.51. The number of hydrogen-bond acceptors (Lipinski definition) is 3. The van der Waals surface area contributed by atoms with Crippen LogP contribution in [-0.4, -0.2) is 16.9 Å². The van der Waals surface area contributed by atoms with Crippen LogP contribution in [0.5, 0.6) is 0 Å². The number of rotatable bonds is 2. The van der Waals surface area contributed by atoms with Crippen molar-refractivity contribution >= 4 is 5.97 Å². The molecule has 1 atom stereocenters. The Morgan fingerprint density at radius 2 is 2.08 bits per heavy atom. The van der Waals surface area contributed by atoms with Crippen LogP contribution in [0, 0.1) is 0 Å². The second kappa shape index (κ2) is 2.90. The minimum Gasteiger partial charge on any atom is -0.426 e. The molecule has 1 unspecified atom stereocenters. The lowest BCUT2D eigenvalue weighted by atomic mass is 10.0. The fourth-order valence-electron chi connectivity index (χ4n) is 1.33. The van der Waals surface area contributed by atoms with Crippen molar-refractivity contribution in [2.75, 3.05) is 0 Å². The Hall–Kier alpha value is -0.830. The Kier molecular flexibility index (Phi) is 2.24. The molecule has 0 fully saturated rings. The van der Waals surface area contributed by atoms with E-state index in [0.29, 0.717) is 17.6 Å². The van der Waals surface area contributed by atoms with Gasteiger partial charge in [0.15, 0.2) is 0 Å². The first-order valence-corrected chi connectivity index (χ1v) is 4.15. The van der Waals surface area contributed by atoms with Gasteiger partial charge in [-0.25, -0.2) is 4.79 Å². The van der Waals surface area contributed by atoms with Gasteiger partial charge in [0, 0.05) is 17.6 Å². The number of hydrogen-bond donors (Lipinski definition) is 1. The number of carbonyl (C=O) groups is 1. The molecule has 3 heteroatoms. The lowest BCUT2D eigenvalue weighted by Crippen LogP contribution is -2.30. The molecule has 0 amide bonds. The molecule has 0 saturated carbocycles. The summed E-state index contributed by atoms with van der Waals surface area (Å²) >= 11 is 0. The van der Waals surface area contributed by atoms with Gasteiger partial charge in [0.25, 0.3) is 0 Å². The first kappa shape index (κ1) is 9.26. The molecular formula is C9H14O3. The molecule has 0 saturated heterocycles. The summed E-state index contributed by atoms with van der Waals surface area (Å²) in [6.07, 6.45) is 1.26. The van der Waals surface area contributed by atoms with Gasteiger partial charge in [0.2, 0.25) is 5.79 Å². The maximum absolute atomic E-state index is 11.0. The fraction of sp³-hybridized carbons (Fsp3) is 0.667. The van der Waals surface area contributed by atoms with Gasteiger partial charge in [-0.1, -0.05) is 6.92 Å². The molecule has 68 valence electrons. The van der Waals surface area contributed by atoms with Gasteiger partial charge in [0.1, 0.15) is 0 Å². The van der Waals surface area contributed by atoms with Crippen LogP contribution in [0.4, 0.5) is 0 Å². The quantitative estimate of drug-likeness (QED) is 0.636. The van der Waals surface area contributed by atoms with Crippen LogP contribution in [0.15, 0.2) is 11.1 Å². The Balaban J connectivity index is 2.91. The summed E-state index contributed by atoms with van der Waals surface area (Å²) in [6, 6.07) is 0. The van der Waals surface area contributed by atoms with E-state index in [0.717, 1.165) is 6.42 Å². The van der Waals surface area contributed by atoms with E-state index < -0.39 is 11.8 Å². The molecule has 1 N–H and O–H groups in total. The third-order valence-electron chi connectivity index (χ3n) is 2.31. The second-order valence-electron chi connectivity index (χ2n) is 3.17. The van der Waals surface area contributed by atoms with E-state index in [-0.39, 0.29) is 0 Å². The van der Waals surface area contributed by atoms with E-state index in [9.17, 15) is 9.90 Å². The van der Waals surface area contributed by atoms with Gasteiger partial charge in [-0.3, -0.25) is 0 Å². The van der Waals surface area contributed by atoms with Crippen LogP contribution >= 0.6 is 0 Å². The van der Waals surface area contributed by atoms with Crippen LogP contribution in [0.25, 0.3) is 0 Å². The number of cyclic esters (lactones) is 1. The van der Waals surface area contributed by atoms with E-state index in [1.54, 1.807) is 13.8 Å². The molecule has 12 heavy (non-hydrogen) atoms. The number of aliphatic hydroxyl groups is 1. The summed E-state index contributed by atoms with van der Waals surface area (Å²) in [7, 11) is 0. The maximum Gasteiger partial charge on any atom is 0.336 e. The lowest BCUT2D eigenvalue weighted by Gasteiger charge is -2.22. The van der Waals surface area contributed by atoms with E-state index in [1.165, 1.54) is 0 Å². The van der Waals surface area contributed by atoms with Gasteiger partial charge in [-0.05, 0) is 20.3 Å². The van der Waals surface area contributed by atoms with Crippen molar-refractivity contribution in [2.45, 2.75) is 39.4 Å². The number of esters is 1. The van der Waals surface area contributed by atoms with Crippen LogP contribution in [0.1, 0.15) is 33.6 Å². The normalized spacial score (nSPS) is 29.5. The van der Waals surface area contributed by atoms with Crippen molar-refractivity contribution in [1.82, 2.24) is 0 Å². The zero-order valence-electron chi connectivity index (χ0n) is 7.68. The highest BCUT2D eigenvalue weighted by Crippen LogP contribution is 2.33. The highest BCUT2D eigenvalue weighted by atomic mass is 16.7. The minimum atomic E-state index is -1.32. The van der Waals surface area contributed by atoms with Crippen molar-refractivity contribution in [3.05, 3.63) is 11.1 Å². The van der Waals surface area contributed by atoms with Crippen molar-refractivity contribution in [3.63, 3.8) is 0 Å². The fourth-order valence-corrected chi connectivity index (χ4v) is 1.33. The van der Waals surface area contributed by atoms with Crippen LogP contribution in [0.3, 0.4) is 0 Å². The predicted molar refractivity (Wildman–Crippen MR) is 44.3 cm³/mol. The van der Waals surface area contributed by atoms with Gasteiger partial charge < -0.3 is 9.84 Å². The Bertz CT molecular complexity index is 242. The summed E-state index contributed by atoms with van der Waals surface area (Å²) in [5, 5.41) is 9.80. The molecule has 1 aliphatic rings. The second-order valence-corrected chi connectivity index (χ2v) is 3.17. The third-order valence-corrected chi connectivity index (χ3v) is 2.31. The van der Waals surface area contributed by atoms with Crippen molar-refractivity contribution in [1.29, 1.82) is 0 Å². The largest absolute Gasteiger partial charge is 0.426 e. The molecule has 0 aromatic heterocycles. The smallest absolute Gasteiger partial charge is 0.336 e. The monoisotopic (exact) mass is 170 g/mol. The molecule has 0 aromatic carbocycles. The Morgan fingerprint density at radius 3 is 2.42 bits per heavy atom. The van der Waals surface area contributed by atoms with Crippen molar-refractivity contribution in [2.24, 2.45) is 0 Å². The van der Waals surface area contributed by atoms with Gasteiger partial charge in [-0.2, -0.15) is 0 Å². The Labute approximate surface area is 72.0 Å². The molecule has 1 heterocycles. The number of ether oxygens (including phenoxy) is 1. The summed E-state index contributed by atoms with van der Waals surface area (Å²) < 4.78 is 4.86. The summed E-state index contributed by atoms with van der Waals surface area (Å²) in [4.78, 5) is 11.0. The molecule has 3 nitrogen and oxygen atoms in total. The van der Waals surface area contributed by atoms with Crippen molar-refractivity contribution in [3.8, 4) is 0 Å². The van der Waals surface area contributed by atoms with Crippen LogP contribution < -0.4 is 0 Å². The summed E-state index contributed by atoms with van der Waals surface area (Å²) in [5.74, 6) is -1.72. The van der Waals surface area contributed by atoms with E-state index in [2.05, 4.69) is 0 Å². The van der Waals surface area contributed by atoms with Gasteiger partial charge in [-0.15, -0.1) is 0 Å². The highest BCUT2D eigenvalue weighted by molar-refractivity contribution is 5.91. The molecule has 0 radical (unpaired) electrons. The first-order valence-electron chi connectivity index (χ1n) is 4.15. The van der Waals surface area contributed by atoms with Gasteiger partial charge in [0.05, 0.1) is 0 Å². The van der Waals surface area contributed by atoms with Crippen molar-refractivity contribution < 1.29 is 14.6 Å². The lowest BCUT2D eigenvalue weighted by molar-refractivity contribution is -0.183. The standard InChI is InChI=1S/C9H14O3/c1-4-5-9(11)7(3)6(2)8(10)12-9/h11H,4-5H2,1-3H3.